The molecule has 0 aliphatic rings. The van der Waals surface area contributed by atoms with E-state index in [4.69, 9.17) is 10.5 Å². The highest BCUT2D eigenvalue weighted by atomic mass is 32.1. The van der Waals surface area contributed by atoms with Crippen LogP contribution in [0.25, 0.3) is 0 Å². The fourth-order valence-electron chi connectivity index (χ4n) is 2.00. The Hall–Kier alpha value is -2.08. The van der Waals surface area contributed by atoms with E-state index < -0.39 is 0 Å². The number of hydrogen-bond donors (Lipinski definition) is 1. The van der Waals surface area contributed by atoms with Gasteiger partial charge in [0.15, 0.2) is 0 Å². The van der Waals surface area contributed by atoms with Crippen molar-refractivity contribution in [3.8, 4) is 0 Å². The van der Waals surface area contributed by atoms with E-state index in [1.807, 2.05) is 17.3 Å². The molecular weight excluding hydrogens is 274 g/mol. The second-order valence-corrected chi connectivity index (χ2v) is 5.02. The maximum Gasteiger partial charge on any atom is 0.340 e. The molecule has 2 aromatic rings. The van der Waals surface area contributed by atoms with Crippen LogP contribution in [-0.4, -0.2) is 24.6 Å². The molecule has 1 heterocycles. The molecule has 0 saturated heterocycles. The van der Waals surface area contributed by atoms with E-state index in [9.17, 15) is 4.79 Å². The van der Waals surface area contributed by atoms with Crippen LogP contribution in [0.2, 0.25) is 0 Å². The van der Waals surface area contributed by atoms with Crippen molar-refractivity contribution >= 4 is 28.7 Å². The Bertz CT molecular complexity index is 584. The zero-order valence-electron chi connectivity index (χ0n) is 11.5. The van der Waals surface area contributed by atoms with Gasteiger partial charge in [-0.1, -0.05) is 6.07 Å². The Morgan fingerprint density at radius 3 is 2.95 bits per heavy atom. The van der Waals surface area contributed by atoms with E-state index in [-0.39, 0.29) is 5.97 Å². The van der Waals surface area contributed by atoms with Gasteiger partial charge in [-0.25, -0.2) is 9.78 Å². The van der Waals surface area contributed by atoms with Gasteiger partial charge in [0.1, 0.15) is 0 Å². The molecule has 1 aromatic carbocycles. The summed E-state index contributed by atoms with van der Waals surface area (Å²) >= 11 is 1.54. The van der Waals surface area contributed by atoms with Crippen LogP contribution in [0, 0.1) is 0 Å². The predicted octanol–water partition coefficient (Wildman–Crippen LogP) is 2.54. The number of carbonyl (C=O) groups excluding carboxylic acids is 1. The van der Waals surface area contributed by atoms with Crippen molar-refractivity contribution < 1.29 is 9.53 Å². The number of para-hydroxylation sites is 1. The van der Waals surface area contributed by atoms with Crippen LogP contribution in [0.4, 0.5) is 11.4 Å². The minimum absolute atomic E-state index is 0.336. The molecule has 0 amide bonds. The number of ether oxygens (including phenoxy) is 1. The molecule has 0 saturated carbocycles. The zero-order valence-corrected chi connectivity index (χ0v) is 12.3. The monoisotopic (exact) mass is 291 g/mol. The number of hydrogen-bond acceptors (Lipinski definition) is 6. The van der Waals surface area contributed by atoms with E-state index in [1.165, 1.54) is 11.3 Å². The van der Waals surface area contributed by atoms with E-state index in [0.29, 0.717) is 30.1 Å². The van der Waals surface area contributed by atoms with Crippen molar-refractivity contribution in [3.63, 3.8) is 0 Å². The highest BCUT2D eigenvalue weighted by Crippen LogP contribution is 2.28. The molecule has 0 atom stereocenters. The first-order valence-electron chi connectivity index (χ1n) is 6.27. The minimum Gasteiger partial charge on any atom is -0.462 e. The SMILES string of the molecule is CCOC(=O)c1cccc(N)c1N(C)Cc1cscn1. The van der Waals surface area contributed by atoms with Crippen LogP contribution in [0.15, 0.2) is 29.1 Å². The summed E-state index contributed by atoms with van der Waals surface area (Å²) in [7, 11) is 1.88. The molecule has 0 radical (unpaired) electrons. The first-order valence-corrected chi connectivity index (χ1v) is 7.21. The highest BCUT2D eigenvalue weighted by Gasteiger charge is 2.18. The third-order valence-corrected chi connectivity index (χ3v) is 3.46. The zero-order chi connectivity index (χ0) is 14.5. The Labute approximate surface area is 122 Å². The van der Waals surface area contributed by atoms with E-state index >= 15 is 0 Å². The normalized spacial score (nSPS) is 10.3. The lowest BCUT2D eigenvalue weighted by Crippen LogP contribution is -2.21. The molecule has 106 valence electrons. The standard InChI is InChI=1S/C14H17N3O2S/c1-3-19-14(18)11-5-4-6-12(15)13(11)17(2)7-10-8-20-9-16-10/h4-6,8-9H,3,7,15H2,1-2H3. The molecule has 20 heavy (non-hydrogen) atoms. The fourth-order valence-corrected chi connectivity index (χ4v) is 2.55. The number of aromatic nitrogens is 1. The topological polar surface area (TPSA) is 68.5 Å². The van der Waals surface area contributed by atoms with Gasteiger partial charge < -0.3 is 15.4 Å². The summed E-state index contributed by atoms with van der Waals surface area (Å²) in [5, 5.41) is 1.97. The molecule has 6 heteroatoms. The van der Waals surface area contributed by atoms with Gasteiger partial charge in [0.2, 0.25) is 0 Å². The lowest BCUT2D eigenvalue weighted by atomic mass is 10.1. The van der Waals surface area contributed by atoms with Crippen molar-refractivity contribution in [2.75, 3.05) is 24.3 Å². The fraction of sp³-hybridized carbons (Fsp3) is 0.286. The van der Waals surface area contributed by atoms with Crippen molar-refractivity contribution in [2.45, 2.75) is 13.5 Å². The second kappa shape index (κ2) is 6.38. The third kappa shape index (κ3) is 3.08. The maximum atomic E-state index is 12.0. The average molecular weight is 291 g/mol. The number of carbonyl (C=O) groups is 1. The smallest absolute Gasteiger partial charge is 0.340 e. The Kier molecular flexibility index (Phi) is 4.57. The molecule has 5 nitrogen and oxygen atoms in total. The van der Waals surface area contributed by atoms with Gasteiger partial charge in [-0.3, -0.25) is 0 Å². The van der Waals surface area contributed by atoms with Gasteiger partial charge in [0.05, 0.1) is 41.3 Å². The summed E-state index contributed by atoms with van der Waals surface area (Å²) in [5.41, 5.74) is 10.4. The summed E-state index contributed by atoms with van der Waals surface area (Å²) in [5.74, 6) is -0.361. The molecule has 0 aliphatic heterocycles. The number of rotatable bonds is 5. The number of thiazole rings is 1. The number of esters is 1. The van der Waals surface area contributed by atoms with Crippen LogP contribution in [0.5, 0.6) is 0 Å². The third-order valence-electron chi connectivity index (χ3n) is 2.83. The van der Waals surface area contributed by atoms with Crippen LogP contribution in [-0.2, 0) is 11.3 Å². The van der Waals surface area contributed by atoms with Crippen LogP contribution >= 0.6 is 11.3 Å². The van der Waals surface area contributed by atoms with E-state index in [1.54, 1.807) is 30.6 Å². The first-order chi connectivity index (χ1) is 9.63. The van der Waals surface area contributed by atoms with Crippen LogP contribution in [0.3, 0.4) is 0 Å². The van der Waals surface area contributed by atoms with Crippen molar-refractivity contribution in [1.82, 2.24) is 4.98 Å². The Morgan fingerprint density at radius 1 is 1.50 bits per heavy atom. The Balaban J connectivity index is 2.31. The lowest BCUT2D eigenvalue weighted by Gasteiger charge is -2.22. The Morgan fingerprint density at radius 2 is 2.30 bits per heavy atom. The molecule has 2 rings (SSSR count). The minimum atomic E-state index is -0.361. The van der Waals surface area contributed by atoms with Crippen molar-refractivity contribution in [1.29, 1.82) is 0 Å². The average Bonchev–Trinajstić information content (AvgIpc) is 2.91. The van der Waals surface area contributed by atoms with Gasteiger partial charge in [0, 0.05) is 12.4 Å². The summed E-state index contributed by atoms with van der Waals surface area (Å²) in [6, 6.07) is 5.25. The molecule has 2 N–H and O–H groups in total. The lowest BCUT2D eigenvalue weighted by molar-refractivity contribution is 0.0527. The summed E-state index contributed by atoms with van der Waals surface area (Å²) in [6.07, 6.45) is 0. The van der Waals surface area contributed by atoms with Crippen molar-refractivity contribution in [2.24, 2.45) is 0 Å². The van der Waals surface area contributed by atoms with Gasteiger partial charge in [-0.05, 0) is 19.1 Å². The number of nitrogens with zero attached hydrogens (tertiary/aromatic N) is 2. The quantitative estimate of drug-likeness (QED) is 0.677. The first kappa shape index (κ1) is 14.3. The van der Waals surface area contributed by atoms with Crippen molar-refractivity contribution in [3.05, 3.63) is 40.3 Å². The number of anilines is 2. The number of benzene rings is 1. The van der Waals surface area contributed by atoms with Gasteiger partial charge >= 0.3 is 5.97 Å². The molecule has 0 bridgehead atoms. The molecule has 1 aromatic heterocycles. The largest absolute Gasteiger partial charge is 0.462 e. The summed E-state index contributed by atoms with van der Waals surface area (Å²) < 4.78 is 5.07. The van der Waals surface area contributed by atoms with E-state index in [2.05, 4.69) is 4.98 Å². The van der Waals surface area contributed by atoms with Gasteiger partial charge in [-0.15, -0.1) is 11.3 Å². The predicted molar refractivity (Wildman–Crippen MR) is 81.0 cm³/mol. The van der Waals surface area contributed by atoms with Crippen LogP contribution < -0.4 is 10.6 Å². The molecule has 0 aliphatic carbocycles. The summed E-state index contributed by atoms with van der Waals surface area (Å²) in [6.45, 7) is 2.70. The van der Waals surface area contributed by atoms with Gasteiger partial charge in [0.25, 0.3) is 0 Å². The molecule has 0 fully saturated rings. The van der Waals surface area contributed by atoms with Gasteiger partial charge in [-0.2, -0.15) is 0 Å². The maximum absolute atomic E-state index is 12.0. The molecular formula is C14H17N3O2S. The van der Waals surface area contributed by atoms with E-state index in [0.717, 1.165) is 5.69 Å². The molecule has 0 spiro atoms. The highest BCUT2D eigenvalue weighted by molar-refractivity contribution is 7.07. The van der Waals surface area contributed by atoms with Crippen LogP contribution in [0.1, 0.15) is 23.0 Å². The summed E-state index contributed by atoms with van der Waals surface area (Å²) in [4.78, 5) is 18.2. The second-order valence-electron chi connectivity index (χ2n) is 4.30. The molecule has 0 unspecified atom stereocenters. The number of nitrogen functional groups attached to an aromatic ring is 1. The number of nitrogens with two attached hydrogens (primary N) is 1.